The van der Waals surface area contributed by atoms with E-state index in [1.54, 1.807) is 0 Å². The zero-order chi connectivity index (χ0) is 12.0. The molecule has 87 valence electrons. The van der Waals surface area contributed by atoms with Gasteiger partial charge in [0, 0.05) is 31.7 Å². The molecule has 3 nitrogen and oxygen atoms in total. The van der Waals surface area contributed by atoms with Gasteiger partial charge in [-0.2, -0.15) is 5.10 Å². The van der Waals surface area contributed by atoms with Gasteiger partial charge >= 0.3 is 0 Å². The highest BCUT2D eigenvalue weighted by atomic mass is 16.3. The summed E-state index contributed by atoms with van der Waals surface area (Å²) in [7, 11) is 2.28. The van der Waals surface area contributed by atoms with E-state index in [0.29, 0.717) is 11.7 Å². The second-order valence-electron chi connectivity index (χ2n) is 6.05. The summed E-state index contributed by atoms with van der Waals surface area (Å²) in [5.74, 6) is 1.26. The number of nitrogens with zero attached hydrogens (tertiary/aromatic N) is 1. The maximum Gasteiger partial charge on any atom is 0.163 e. The van der Waals surface area contributed by atoms with Crippen molar-refractivity contribution in [2.45, 2.75) is 45.5 Å². The third-order valence-electron chi connectivity index (χ3n) is 4.30. The minimum absolute atomic E-state index is 0.0674. The van der Waals surface area contributed by atoms with Crippen LogP contribution in [-0.4, -0.2) is 28.2 Å². The van der Waals surface area contributed by atoms with Crippen molar-refractivity contribution >= 4 is 12.7 Å². The van der Waals surface area contributed by atoms with Crippen molar-refractivity contribution in [3.05, 3.63) is 12.4 Å². The second-order valence-corrected chi connectivity index (χ2v) is 6.05. The van der Waals surface area contributed by atoms with Crippen LogP contribution in [0.3, 0.4) is 0 Å². The molecule has 16 heavy (non-hydrogen) atoms. The maximum atomic E-state index is 8.21. The van der Waals surface area contributed by atoms with Gasteiger partial charge in [-0.3, -0.25) is 5.10 Å². The maximum absolute atomic E-state index is 8.21. The second kappa shape index (κ2) is 3.62. The van der Waals surface area contributed by atoms with Crippen molar-refractivity contribution in [1.82, 2.24) is 10.2 Å². The third kappa shape index (κ3) is 2.03. The first-order chi connectivity index (χ1) is 7.32. The summed E-state index contributed by atoms with van der Waals surface area (Å²) in [6.07, 6.45) is 4.99. The van der Waals surface area contributed by atoms with Gasteiger partial charge in [0.2, 0.25) is 0 Å². The van der Waals surface area contributed by atoms with Crippen LogP contribution in [0.2, 0.25) is 5.82 Å². The van der Waals surface area contributed by atoms with Crippen LogP contribution in [0.5, 0.6) is 0 Å². The van der Waals surface area contributed by atoms with Crippen LogP contribution in [0.25, 0.3) is 0 Å². The molecule has 2 atom stereocenters. The van der Waals surface area contributed by atoms with Crippen LogP contribution >= 0.6 is 0 Å². The van der Waals surface area contributed by atoms with E-state index in [1.165, 1.54) is 11.9 Å². The van der Waals surface area contributed by atoms with Crippen LogP contribution in [-0.2, 0) is 0 Å². The third-order valence-corrected chi connectivity index (χ3v) is 4.30. The normalized spacial score (nSPS) is 25.6. The lowest BCUT2D eigenvalue weighted by molar-refractivity contribution is -0.0475. The molecular weight excluding hydrogens is 199 g/mol. The Balaban J connectivity index is 1.96. The summed E-state index contributed by atoms with van der Waals surface area (Å²) in [5, 5.41) is 15.0. The van der Waals surface area contributed by atoms with E-state index >= 15 is 0 Å². The number of hydrogen-bond acceptors (Lipinski definition) is 1. The lowest BCUT2D eigenvalue weighted by Gasteiger charge is -2.34. The lowest BCUT2D eigenvalue weighted by atomic mass is 9.62. The Morgan fingerprint density at radius 3 is 2.62 bits per heavy atom. The molecule has 2 rings (SSSR count). The van der Waals surface area contributed by atoms with Crippen LogP contribution in [0.4, 0.5) is 0 Å². The van der Waals surface area contributed by atoms with Crippen molar-refractivity contribution in [1.29, 1.82) is 0 Å². The molecule has 1 aliphatic carbocycles. The number of aromatic nitrogens is 2. The number of aromatic amines is 1. The number of hydrogen-bond donors (Lipinski definition) is 1. The zero-order valence-corrected chi connectivity index (χ0v) is 10.5. The first-order valence-corrected chi connectivity index (χ1v) is 5.91. The Morgan fingerprint density at radius 2 is 2.12 bits per heavy atom. The van der Waals surface area contributed by atoms with Gasteiger partial charge in [-0.15, -0.1) is 0 Å². The summed E-state index contributed by atoms with van der Waals surface area (Å²) in [6.45, 7) is 8.46. The monoisotopic (exact) mass is 220 g/mol. The van der Waals surface area contributed by atoms with Crippen molar-refractivity contribution in [2.75, 3.05) is 0 Å². The summed E-state index contributed by atoms with van der Waals surface area (Å²) in [5.41, 5.74) is 0.861. The van der Waals surface area contributed by atoms with Crippen molar-refractivity contribution in [3.63, 3.8) is 0 Å². The Kier molecular flexibility index (Phi) is 2.65. The summed E-state index contributed by atoms with van der Waals surface area (Å²) in [4.78, 5) is 0. The molecule has 1 aromatic rings. The van der Waals surface area contributed by atoms with E-state index in [0.717, 1.165) is 0 Å². The van der Waals surface area contributed by atoms with E-state index < -0.39 is 0 Å². The minimum atomic E-state index is -0.378. The first kappa shape index (κ1) is 11.7. The van der Waals surface area contributed by atoms with Crippen LogP contribution in [0.1, 0.15) is 34.1 Å². The summed E-state index contributed by atoms with van der Waals surface area (Å²) >= 11 is 0. The predicted molar refractivity (Wildman–Crippen MR) is 67.3 cm³/mol. The van der Waals surface area contributed by atoms with E-state index in [-0.39, 0.29) is 11.0 Å². The van der Waals surface area contributed by atoms with Gasteiger partial charge in [-0.25, -0.2) is 0 Å². The average molecular weight is 220 g/mol. The van der Waals surface area contributed by atoms with Gasteiger partial charge in [0.05, 0.1) is 0 Å². The Morgan fingerprint density at radius 1 is 1.44 bits per heavy atom. The van der Waals surface area contributed by atoms with Crippen LogP contribution in [0.15, 0.2) is 12.4 Å². The highest BCUT2D eigenvalue weighted by Crippen LogP contribution is 2.58. The lowest BCUT2D eigenvalue weighted by Crippen LogP contribution is -2.41. The van der Waals surface area contributed by atoms with Gasteiger partial charge in [0.15, 0.2) is 12.9 Å². The van der Waals surface area contributed by atoms with Crippen molar-refractivity contribution in [2.24, 2.45) is 11.3 Å². The number of nitrogens with one attached hydrogen (secondary N) is 1. The van der Waals surface area contributed by atoms with Crippen molar-refractivity contribution < 1.29 is 5.11 Å². The fourth-order valence-electron chi connectivity index (χ4n) is 2.29. The molecule has 4 heteroatoms. The van der Waals surface area contributed by atoms with Gasteiger partial charge in [0.1, 0.15) is 0 Å². The zero-order valence-electron chi connectivity index (χ0n) is 10.5. The largest absolute Gasteiger partial charge is 0.441 e. The topological polar surface area (TPSA) is 51.6 Å². The summed E-state index contributed by atoms with van der Waals surface area (Å²) in [6, 6.07) is 0. The van der Waals surface area contributed by atoms with E-state index in [9.17, 15) is 0 Å². The Labute approximate surface area is 97.9 Å². The van der Waals surface area contributed by atoms with E-state index in [2.05, 4.69) is 31.3 Å². The molecule has 3 N–H and O–H groups in total. The van der Waals surface area contributed by atoms with Gasteiger partial charge < -0.3 is 5.11 Å². The molecule has 2 unspecified atom stereocenters. The average Bonchev–Trinajstić information content (AvgIpc) is 2.70. The van der Waals surface area contributed by atoms with Gasteiger partial charge in [0.25, 0.3) is 0 Å². The number of H-pyrrole nitrogens is 1. The molecular formula is C12H21BN2O+. The molecule has 1 radical (unpaired) electrons. The standard InChI is InChI=1S/C12H20BN2O/c1-11(2,12(3,4)16)9-5-10(9)13-8-6-14-15-7-8/h6-7,9-10,16H,5H2,1-4H3,(H,14,15)/p+1. The highest BCUT2D eigenvalue weighted by Gasteiger charge is 2.55. The Bertz CT molecular complexity index is 354. The van der Waals surface area contributed by atoms with Gasteiger partial charge in [-0.1, -0.05) is 31.5 Å². The molecule has 1 fully saturated rings. The molecule has 1 heterocycles. The highest BCUT2D eigenvalue weighted by molar-refractivity contribution is 6.55. The molecule has 0 aliphatic heterocycles. The predicted octanol–water partition coefficient (Wildman–Crippen LogP) is 1.08. The molecule has 0 amide bonds. The minimum Gasteiger partial charge on any atom is -0.441 e. The SMILES string of the molecule is CC(C)([OH2+])C(C)(C)C1CC1[B]c1cn[nH]c1. The fourth-order valence-corrected chi connectivity index (χ4v) is 2.29. The van der Waals surface area contributed by atoms with Crippen molar-refractivity contribution in [3.8, 4) is 0 Å². The number of rotatable bonds is 4. The quantitative estimate of drug-likeness (QED) is 0.599. The molecule has 1 saturated carbocycles. The van der Waals surface area contributed by atoms with Crippen LogP contribution < -0.4 is 5.46 Å². The molecule has 0 spiro atoms. The smallest absolute Gasteiger partial charge is 0.163 e. The molecule has 1 aliphatic rings. The van der Waals surface area contributed by atoms with E-state index in [4.69, 9.17) is 5.11 Å². The first-order valence-electron chi connectivity index (χ1n) is 5.91. The molecule has 0 bridgehead atoms. The molecule has 1 aromatic heterocycles. The summed E-state index contributed by atoms with van der Waals surface area (Å²) < 4.78 is 0. The fraction of sp³-hybridized carbons (Fsp3) is 0.750. The van der Waals surface area contributed by atoms with Crippen LogP contribution in [0, 0.1) is 11.3 Å². The molecule has 0 aromatic carbocycles. The van der Waals surface area contributed by atoms with E-state index in [1.807, 2.05) is 26.2 Å². The molecule has 0 saturated heterocycles. The Hall–Kier alpha value is -0.765. The van der Waals surface area contributed by atoms with Gasteiger partial charge in [-0.05, 0) is 5.92 Å².